The number of hydrogen-bond acceptors (Lipinski definition) is 3. The highest BCUT2D eigenvalue weighted by atomic mass is 127. The van der Waals surface area contributed by atoms with Crippen LogP contribution in [-0.4, -0.2) is 11.0 Å². The molecule has 1 N–H and O–H groups in total. The molecule has 0 aliphatic heterocycles. The summed E-state index contributed by atoms with van der Waals surface area (Å²) in [6.07, 6.45) is 4.35. The molecule has 0 heterocycles. The third-order valence-electron chi connectivity index (χ3n) is 3.40. The van der Waals surface area contributed by atoms with E-state index in [9.17, 15) is 14.5 Å². The Labute approximate surface area is 125 Å². The molecule has 1 aromatic carbocycles. The van der Waals surface area contributed by atoms with Crippen LogP contribution in [0.15, 0.2) is 12.1 Å². The van der Waals surface area contributed by atoms with Crippen molar-refractivity contribution in [2.45, 2.75) is 38.6 Å². The molecule has 1 aliphatic rings. The van der Waals surface area contributed by atoms with Gasteiger partial charge in [-0.1, -0.05) is 19.8 Å². The van der Waals surface area contributed by atoms with Crippen molar-refractivity contribution in [3.8, 4) is 0 Å². The molecule has 1 saturated carbocycles. The van der Waals surface area contributed by atoms with Crippen molar-refractivity contribution in [2.24, 2.45) is 5.92 Å². The van der Waals surface area contributed by atoms with Gasteiger partial charge in [0.15, 0.2) is 0 Å². The van der Waals surface area contributed by atoms with E-state index >= 15 is 0 Å². The Morgan fingerprint density at radius 2 is 2.26 bits per heavy atom. The van der Waals surface area contributed by atoms with E-state index in [2.05, 4.69) is 5.32 Å². The fourth-order valence-corrected chi connectivity index (χ4v) is 2.56. The summed E-state index contributed by atoms with van der Waals surface area (Å²) in [6.45, 7) is 2.04. The number of nitro benzene ring substituents is 1. The van der Waals surface area contributed by atoms with Crippen molar-refractivity contribution in [3.63, 3.8) is 0 Å². The summed E-state index contributed by atoms with van der Waals surface area (Å²) < 4.78 is 13.9. The van der Waals surface area contributed by atoms with Gasteiger partial charge < -0.3 is 5.32 Å². The Morgan fingerprint density at radius 3 is 2.79 bits per heavy atom. The Morgan fingerprint density at radius 1 is 1.58 bits per heavy atom. The van der Waals surface area contributed by atoms with Gasteiger partial charge in [-0.05, 0) is 41.4 Å². The molecule has 1 unspecified atom stereocenters. The number of nitro groups is 1. The third-order valence-corrected chi connectivity index (χ3v) is 4.23. The lowest BCUT2D eigenvalue weighted by atomic mass is 10.1. The largest absolute Gasteiger partial charge is 0.377 e. The molecular formula is C13H16FIN2O2. The summed E-state index contributed by atoms with van der Waals surface area (Å²) in [4.78, 5) is 10.6. The summed E-state index contributed by atoms with van der Waals surface area (Å²) in [5.74, 6) is 0.306. The Kier molecular flexibility index (Phi) is 4.59. The van der Waals surface area contributed by atoms with Crippen LogP contribution in [-0.2, 0) is 0 Å². The van der Waals surface area contributed by atoms with Crippen molar-refractivity contribution in [1.82, 2.24) is 0 Å². The van der Waals surface area contributed by atoms with Crippen LogP contribution in [0.2, 0.25) is 0 Å². The van der Waals surface area contributed by atoms with Crippen molar-refractivity contribution in [1.29, 1.82) is 0 Å². The van der Waals surface area contributed by atoms with Crippen LogP contribution >= 0.6 is 22.6 Å². The highest BCUT2D eigenvalue weighted by Gasteiger charge is 2.26. The number of halogens is 2. The van der Waals surface area contributed by atoms with Crippen LogP contribution in [0.5, 0.6) is 0 Å². The van der Waals surface area contributed by atoms with Gasteiger partial charge in [-0.2, -0.15) is 0 Å². The molecule has 0 aromatic heterocycles. The van der Waals surface area contributed by atoms with E-state index in [1.54, 1.807) is 22.6 Å². The first kappa shape index (κ1) is 14.5. The molecule has 0 bridgehead atoms. The number of rotatable bonds is 6. The normalized spacial score (nSPS) is 16.2. The summed E-state index contributed by atoms with van der Waals surface area (Å²) in [5.41, 5.74) is 0.232. The lowest BCUT2D eigenvalue weighted by Gasteiger charge is -2.18. The molecule has 6 heteroatoms. The van der Waals surface area contributed by atoms with Crippen molar-refractivity contribution >= 4 is 34.0 Å². The minimum absolute atomic E-state index is 0.0555. The monoisotopic (exact) mass is 378 g/mol. The first-order valence-electron chi connectivity index (χ1n) is 6.41. The van der Waals surface area contributed by atoms with E-state index in [1.165, 1.54) is 25.0 Å². The van der Waals surface area contributed by atoms with Crippen LogP contribution in [0.3, 0.4) is 0 Å². The fourth-order valence-electron chi connectivity index (χ4n) is 2.11. The second-order valence-corrected chi connectivity index (χ2v) is 6.13. The zero-order valence-corrected chi connectivity index (χ0v) is 12.8. The molecule has 1 aromatic rings. The molecule has 104 valence electrons. The molecule has 2 rings (SSSR count). The second-order valence-electron chi connectivity index (χ2n) is 4.97. The molecule has 0 radical (unpaired) electrons. The molecule has 0 spiro atoms. The van der Waals surface area contributed by atoms with E-state index in [-0.39, 0.29) is 21.0 Å². The van der Waals surface area contributed by atoms with Gasteiger partial charge in [0.2, 0.25) is 0 Å². The van der Waals surface area contributed by atoms with Gasteiger partial charge >= 0.3 is 0 Å². The Hall–Kier alpha value is -0.920. The van der Waals surface area contributed by atoms with Crippen LogP contribution in [0.1, 0.15) is 32.6 Å². The molecule has 0 saturated heterocycles. The summed E-state index contributed by atoms with van der Waals surface area (Å²) in [6, 6.07) is 2.68. The SMILES string of the molecule is CCC(CC1CC1)Nc1cc(F)c(I)cc1[N+](=O)[O-]. The molecule has 0 amide bonds. The van der Waals surface area contributed by atoms with E-state index in [0.29, 0.717) is 0 Å². The highest BCUT2D eigenvalue weighted by Crippen LogP contribution is 2.36. The predicted molar refractivity (Wildman–Crippen MR) is 80.8 cm³/mol. The molecular weight excluding hydrogens is 362 g/mol. The zero-order chi connectivity index (χ0) is 14.0. The first-order chi connectivity index (χ1) is 9.01. The Balaban J connectivity index is 2.21. The standard InChI is InChI=1S/C13H16FIN2O2/c1-2-9(5-8-3-4-8)16-12-6-10(14)11(15)7-13(12)17(18)19/h6-9,16H,2-5H2,1H3. The van der Waals surface area contributed by atoms with Crippen molar-refractivity contribution in [3.05, 3.63) is 31.6 Å². The maximum atomic E-state index is 13.6. The maximum absolute atomic E-state index is 13.6. The topological polar surface area (TPSA) is 55.2 Å². The van der Waals surface area contributed by atoms with E-state index in [1.807, 2.05) is 6.92 Å². The number of hydrogen-bond donors (Lipinski definition) is 1. The van der Waals surface area contributed by atoms with Gasteiger partial charge in [0.25, 0.3) is 5.69 Å². The molecule has 1 fully saturated rings. The van der Waals surface area contributed by atoms with Crippen LogP contribution in [0, 0.1) is 25.4 Å². The van der Waals surface area contributed by atoms with Gasteiger partial charge in [0.05, 0.1) is 8.49 Å². The van der Waals surface area contributed by atoms with Crippen LogP contribution in [0.4, 0.5) is 15.8 Å². The minimum Gasteiger partial charge on any atom is -0.377 e. The number of nitrogens with one attached hydrogen (secondary N) is 1. The van der Waals surface area contributed by atoms with Crippen molar-refractivity contribution in [2.75, 3.05) is 5.32 Å². The quantitative estimate of drug-likeness (QED) is 0.456. The lowest BCUT2D eigenvalue weighted by molar-refractivity contribution is -0.384. The van der Waals surface area contributed by atoms with Crippen molar-refractivity contribution < 1.29 is 9.31 Å². The number of anilines is 1. The first-order valence-corrected chi connectivity index (χ1v) is 7.49. The van der Waals surface area contributed by atoms with Gasteiger partial charge in [0, 0.05) is 18.2 Å². The Bertz CT molecular complexity index is 492. The summed E-state index contributed by atoms with van der Waals surface area (Å²) in [5, 5.41) is 14.2. The summed E-state index contributed by atoms with van der Waals surface area (Å²) in [7, 11) is 0. The summed E-state index contributed by atoms with van der Waals surface area (Å²) >= 11 is 1.77. The van der Waals surface area contributed by atoms with Gasteiger partial charge in [-0.25, -0.2) is 4.39 Å². The predicted octanol–water partition coefficient (Wildman–Crippen LogP) is 4.33. The lowest BCUT2D eigenvalue weighted by Crippen LogP contribution is -2.20. The van der Waals surface area contributed by atoms with E-state index < -0.39 is 10.7 Å². The molecule has 1 aliphatic carbocycles. The third kappa shape index (κ3) is 3.77. The average Bonchev–Trinajstić information content (AvgIpc) is 3.16. The number of nitrogens with zero attached hydrogens (tertiary/aromatic N) is 1. The zero-order valence-electron chi connectivity index (χ0n) is 10.7. The average molecular weight is 378 g/mol. The van der Waals surface area contributed by atoms with Crippen LogP contribution in [0.25, 0.3) is 0 Å². The second kappa shape index (κ2) is 6.02. The molecule has 4 nitrogen and oxygen atoms in total. The minimum atomic E-state index is -0.465. The van der Waals surface area contributed by atoms with Crippen LogP contribution < -0.4 is 5.32 Å². The maximum Gasteiger partial charge on any atom is 0.293 e. The van der Waals surface area contributed by atoms with Gasteiger partial charge in [-0.3, -0.25) is 10.1 Å². The molecule has 1 atom stereocenters. The molecule has 19 heavy (non-hydrogen) atoms. The fraction of sp³-hybridized carbons (Fsp3) is 0.538. The van der Waals surface area contributed by atoms with E-state index in [0.717, 1.165) is 18.8 Å². The smallest absolute Gasteiger partial charge is 0.293 e. The van der Waals surface area contributed by atoms with Gasteiger partial charge in [-0.15, -0.1) is 0 Å². The number of benzene rings is 1. The highest BCUT2D eigenvalue weighted by molar-refractivity contribution is 14.1. The van der Waals surface area contributed by atoms with E-state index in [4.69, 9.17) is 0 Å². The van der Waals surface area contributed by atoms with Gasteiger partial charge in [0.1, 0.15) is 11.5 Å².